The zero-order valence-corrected chi connectivity index (χ0v) is 19.7. The Hall–Kier alpha value is -2.82. The molecule has 174 valence electrons. The molecule has 2 heterocycles. The Morgan fingerprint density at radius 1 is 1.06 bits per heavy atom. The van der Waals surface area contributed by atoms with E-state index in [2.05, 4.69) is 4.98 Å². The number of ether oxygens (including phenoxy) is 1. The van der Waals surface area contributed by atoms with Crippen molar-refractivity contribution in [2.45, 2.75) is 24.8 Å². The largest absolute Gasteiger partial charge is 0.487 e. The van der Waals surface area contributed by atoms with E-state index in [0.717, 1.165) is 22.8 Å². The van der Waals surface area contributed by atoms with Crippen LogP contribution in [0.5, 0.6) is 5.75 Å². The molecule has 10 heteroatoms. The van der Waals surface area contributed by atoms with Crippen LogP contribution in [0.4, 0.5) is 4.39 Å². The summed E-state index contributed by atoms with van der Waals surface area (Å²) in [5, 5.41) is 2.93. The molecule has 0 atom stereocenters. The van der Waals surface area contributed by atoms with Gasteiger partial charge >= 0.3 is 0 Å². The van der Waals surface area contributed by atoms with E-state index in [-0.39, 0.29) is 23.9 Å². The molecule has 0 bridgehead atoms. The number of hydrogen-bond acceptors (Lipinski definition) is 6. The molecule has 0 spiro atoms. The van der Waals surface area contributed by atoms with Gasteiger partial charge in [-0.2, -0.15) is 4.31 Å². The summed E-state index contributed by atoms with van der Waals surface area (Å²) in [4.78, 5) is 19.0. The molecule has 1 aliphatic heterocycles. The molecule has 0 saturated carbocycles. The van der Waals surface area contributed by atoms with E-state index < -0.39 is 15.8 Å². The van der Waals surface area contributed by atoms with Crippen molar-refractivity contribution in [2.75, 3.05) is 26.2 Å². The molecule has 3 aromatic rings. The van der Waals surface area contributed by atoms with E-state index in [1.807, 2.05) is 12.3 Å². The van der Waals surface area contributed by atoms with E-state index >= 15 is 0 Å². The monoisotopic (exact) mass is 489 g/mol. The second-order valence-electron chi connectivity index (χ2n) is 7.67. The van der Waals surface area contributed by atoms with Crippen LogP contribution in [-0.2, 0) is 16.6 Å². The summed E-state index contributed by atoms with van der Waals surface area (Å²) in [6, 6.07) is 11.7. The minimum absolute atomic E-state index is 0.0482. The van der Waals surface area contributed by atoms with Gasteiger partial charge in [-0.1, -0.05) is 0 Å². The van der Waals surface area contributed by atoms with E-state index in [1.165, 1.54) is 16.4 Å². The third-order valence-corrected chi connectivity index (χ3v) is 8.08. The van der Waals surface area contributed by atoms with Gasteiger partial charge in [-0.15, -0.1) is 11.3 Å². The number of thiazole rings is 1. The van der Waals surface area contributed by atoms with Crippen LogP contribution in [0.2, 0.25) is 0 Å². The molecular weight excluding hydrogens is 465 g/mol. The average Bonchev–Trinajstić information content (AvgIpc) is 3.06. The van der Waals surface area contributed by atoms with Gasteiger partial charge in [0.05, 0.1) is 15.6 Å². The topological polar surface area (TPSA) is 79.8 Å². The maximum absolute atomic E-state index is 13.2. The van der Waals surface area contributed by atoms with Gasteiger partial charge in [-0.3, -0.25) is 4.79 Å². The Labute approximate surface area is 196 Å². The first-order chi connectivity index (χ1) is 15.8. The summed E-state index contributed by atoms with van der Waals surface area (Å²) >= 11 is 1.57. The first-order valence-corrected chi connectivity index (χ1v) is 12.8. The molecule has 0 aliphatic carbocycles. The SMILES string of the molecule is Cc1nc(COc2ccc(C(=O)N3CCCN(S(=O)(=O)c4ccc(F)cc4)CC3)cc2)cs1. The van der Waals surface area contributed by atoms with Crippen molar-refractivity contribution in [3.63, 3.8) is 0 Å². The van der Waals surface area contributed by atoms with Crippen molar-refractivity contribution in [2.24, 2.45) is 0 Å². The number of sulfonamides is 1. The summed E-state index contributed by atoms with van der Waals surface area (Å²) in [6.07, 6.45) is 0.514. The molecule has 33 heavy (non-hydrogen) atoms. The molecule has 0 N–H and O–H groups in total. The van der Waals surface area contributed by atoms with Crippen molar-refractivity contribution >= 4 is 27.3 Å². The van der Waals surface area contributed by atoms with Crippen LogP contribution >= 0.6 is 11.3 Å². The van der Waals surface area contributed by atoms with Crippen molar-refractivity contribution in [3.05, 3.63) is 76.0 Å². The second kappa shape index (κ2) is 9.98. The van der Waals surface area contributed by atoms with Crippen LogP contribution < -0.4 is 4.74 Å². The van der Waals surface area contributed by atoms with Gasteiger partial charge in [-0.25, -0.2) is 17.8 Å². The number of aryl methyl sites for hydroxylation is 1. The summed E-state index contributed by atoms with van der Waals surface area (Å²) < 4.78 is 46.0. The Morgan fingerprint density at radius 3 is 2.45 bits per heavy atom. The molecule has 1 aromatic heterocycles. The number of nitrogens with zero attached hydrogens (tertiary/aromatic N) is 3. The second-order valence-corrected chi connectivity index (χ2v) is 10.7. The third kappa shape index (κ3) is 5.58. The van der Waals surface area contributed by atoms with E-state index in [4.69, 9.17) is 4.74 Å². The van der Waals surface area contributed by atoms with Crippen molar-refractivity contribution < 1.29 is 22.3 Å². The molecule has 1 aliphatic rings. The first kappa shape index (κ1) is 23.3. The first-order valence-electron chi connectivity index (χ1n) is 10.5. The molecular formula is C23H24FN3O4S2. The van der Waals surface area contributed by atoms with E-state index in [9.17, 15) is 17.6 Å². The standard InChI is InChI=1S/C23H24FN3O4S2/c1-17-25-20(16-32-17)15-31-21-7-3-18(4-8-21)23(28)26-11-2-12-27(14-13-26)33(29,30)22-9-5-19(24)6-10-22/h3-10,16H,2,11-15H2,1H3. The molecule has 1 saturated heterocycles. The highest BCUT2D eigenvalue weighted by Crippen LogP contribution is 2.20. The molecule has 0 radical (unpaired) electrons. The maximum atomic E-state index is 13.2. The highest BCUT2D eigenvalue weighted by molar-refractivity contribution is 7.89. The van der Waals surface area contributed by atoms with Gasteiger partial charge in [0.25, 0.3) is 5.91 Å². The zero-order valence-electron chi connectivity index (χ0n) is 18.1. The number of carbonyl (C=O) groups is 1. The summed E-state index contributed by atoms with van der Waals surface area (Å²) in [6.45, 7) is 3.51. The lowest BCUT2D eigenvalue weighted by Gasteiger charge is -2.22. The summed E-state index contributed by atoms with van der Waals surface area (Å²) in [5.41, 5.74) is 1.38. The summed E-state index contributed by atoms with van der Waals surface area (Å²) in [5.74, 6) is -0.00132. The smallest absolute Gasteiger partial charge is 0.253 e. The molecule has 0 unspecified atom stereocenters. The van der Waals surface area contributed by atoms with Gasteiger partial charge in [0.15, 0.2) is 0 Å². The highest BCUT2D eigenvalue weighted by Gasteiger charge is 2.28. The Kier molecular flexibility index (Phi) is 7.06. The van der Waals surface area contributed by atoms with Crippen LogP contribution in [0, 0.1) is 12.7 Å². The predicted octanol–water partition coefficient (Wildman–Crippen LogP) is 3.71. The molecule has 4 rings (SSSR count). The number of halogens is 1. The number of amides is 1. The Morgan fingerprint density at radius 2 is 1.79 bits per heavy atom. The minimum Gasteiger partial charge on any atom is -0.487 e. The van der Waals surface area contributed by atoms with Crippen LogP contribution in [0.15, 0.2) is 58.8 Å². The third-order valence-electron chi connectivity index (χ3n) is 5.35. The fourth-order valence-electron chi connectivity index (χ4n) is 3.60. The Balaban J connectivity index is 1.36. The van der Waals surface area contributed by atoms with Crippen molar-refractivity contribution in [1.82, 2.24) is 14.2 Å². The van der Waals surface area contributed by atoms with E-state index in [0.29, 0.717) is 37.4 Å². The van der Waals surface area contributed by atoms with Gasteiger partial charge in [0.1, 0.15) is 18.2 Å². The van der Waals surface area contributed by atoms with Gasteiger partial charge in [0, 0.05) is 37.1 Å². The number of aromatic nitrogens is 1. The van der Waals surface area contributed by atoms with Crippen LogP contribution in [0.3, 0.4) is 0 Å². The fraction of sp³-hybridized carbons (Fsp3) is 0.304. The number of rotatable bonds is 6. The summed E-state index contributed by atoms with van der Waals surface area (Å²) in [7, 11) is -3.74. The minimum atomic E-state index is -3.74. The van der Waals surface area contributed by atoms with Crippen LogP contribution in [0.25, 0.3) is 0 Å². The number of benzene rings is 2. The fourth-order valence-corrected chi connectivity index (χ4v) is 5.67. The Bertz CT molecular complexity index is 1210. The maximum Gasteiger partial charge on any atom is 0.253 e. The molecule has 2 aromatic carbocycles. The molecule has 1 fully saturated rings. The van der Waals surface area contributed by atoms with Crippen molar-refractivity contribution in [3.8, 4) is 5.75 Å². The van der Waals surface area contributed by atoms with Gasteiger partial charge < -0.3 is 9.64 Å². The lowest BCUT2D eigenvalue weighted by Crippen LogP contribution is -2.37. The highest BCUT2D eigenvalue weighted by atomic mass is 32.2. The van der Waals surface area contributed by atoms with Crippen LogP contribution in [0.1, 0.15) is 27.5 Å². The molecule has 7 nitrogen and oxygen atoms in total. The average molecular weight is 490 g/mol. The molecule has 1 amide bonds. The van der Waals surface area contributed by atoms with Gasteiger partial charge in [-0.05, 0) is 61.9 Å². The number of hydrogen-bond donors (Lipinski definition) is 0. The number of carbonyl (C=O) groups excluding carboxylic acids is 1. The quantitative estimate of drug-likeness (QED) is 0.528. The lowest BCUT2D eigenvalue weighted by atomic mass is 10.2. The van der Waals surface area contributed by atoms with Crippen LogP contribution in [-0.4, -0.2) is 54.7 Å². The lowest BCUT2D eigenvalue weighted by molar-refractivity contribution is 0.0764. The predicted molar refractivity (Wildman–Crippen MR) is 123 cm³/mol. The van der Waals surface area contributed by atoms with Crippen molar-refractivity contribution in [1.29, 1.82) is 0 Å². The zero-order chi connectivity index (χ0) is 23.4. The van der Waals surface area contributed by atoms with E-state index in [1.54, 1.807) is 40.5 Å². The normalized spacial score (nSPS) is 15.3. The van der Waals surface area contributed by atoms with Gasteiger partial charge in [0.2, 0.25) is 10.0 Å².